The summed E-state index contributed by atoms with van der Waals surface area (Å²) < 4.78 is 10.5. The van der Waals surface area contributed by atoms with Gasteiger partial charge in [-0.15, -0.1) is 0 Å². The highest BCUT2D eigenvalue weighted by atomic mass is 32.2. The standard InChI is InChI=1S/C4H7N3O2S.C2H6/c5-10(9)4-6-1-3(2-8)7-4;1-2/h1,8H,2,5H2,(H,6,7);1-2H3. The Labute approximate surface area is 73.6 Å². The maximum absolute atomic E-state index is 10.5. The summed E-state index contributed by atoms with van der Waals surface area (Å²) in [6.45, 7) is 3.85. The first-order valence-corrected chi connectivity index (χ1v) is 4.76. The molecule has 0 aliphatic heterocycles. The number of nitrogens with one attached hydrogen (secondary N) is 1. The lowest BCUT2D eigenvalue weighted by Gasteiger charge is -1.86. The van der Waals surface area contributed by atoms with Crippen molar-refractivity contribution in [1.29, 1.82) is 0 Å². The molecule has 6 heteroatoms. The van der Waals surface area contributed by atoms with Gasteiger partial charge in [-0.1, -0.05) is 13.8 Å². The van der Waals surface area contributed by atoms with Gasteiger partial charge in [0, 0.05) is 0 Å². The Hall–Kier alpha value is -0.720. The van der Waals surface area contributed by atoms with Crippen molar-refractivity contribution >= 4 is 11.0 Å². The molecule has 1 atom stereocenters. The highest BCUT2D eigenvalue weighted by molar-refractivity contribution is 7.82. The van der Waals surface area contributed by atoms with E-state index in [2.05, 4.69) is 9.97 Å². The van der Waals surface area contributed by atoms with E-state index in [1.165, 1.54) is 6.20 Å². The van der Waals surface area contributed by atoms with E-state index in [0.29, 0.717) is 5.69 Å². The quantitative estimate of drug-likeness (QED) is 0.610. The van der Waals surface area contributed by atoms with E-state index in [9.17, 15) is 4.21 Å². The van der Waals surface area contributed by atoms with Gasteiger partial charge in [0.2, 0.25) is 5.16 Å². The Morgan fingerprint density at radius 1 is 1.75 bits per heavy atom. The fourth-order valence-corrected chi connectivity index (χ4v) is 0.909. The van der Waals surface area contributed by atoms with Crippen LogP contribution < -0.4 is 5.14 Å². The molecule has 0 bridgehead atoms. The molecule has 1 heterocycles. The van der Waals surface area contributed by atoms with Crippen LogP contribution in [0.5, 0.6) is 0 Å². The van der Waals surface area contributed by atoms with E-state index in [4.69, 9.17) is 10.2 Å². The molecule has 0 aliphatic rings. The maximum atomic E-state index is 10.5. The third-order valence-electron chi connectivity index (χ3n) is 0.966. The van der Waals surface area contributed by atoms with Crippen molar-refractivity contribution in [3.63, 3.8) is 0 Å². The second-order valence-electron chi connectivity index (χ2n) is 1.67. The number of hydrogen-bond acceptors (Lipinski definition) is 3. The molecule has 1 aromatic heterocycles. The first-order valence-electron chi connectivity index (χ1n) is 3.55. The number of aliphatic hydroxyl groups is 1. The Balaban J connectivity index is 0.000000561. The predicted octanol–water partition coefficient (Wildman–Crippen LogP) is -0.0905. The Kier molecular flexibility index (Phi) is 5.52. The Morgan fingerprint density at radius 3 is 2.58 bits per heavy atom. The third kappa shape index (κ3) is 3.12. The number of nitrogens with zero attached hydrogens (tertiary/aromatic N) is 1. The van der Waals surface area contributed by atoms with Crippen LogP contribution in [0.2, 0.25) is 0 Å². The van der Waals surface area contributed by atoms with Crippen LogP contribution in [0.3, 0.4) is 0 Å². The van der Waals surface area contributed by atoms with Gasteiger partial charge in [0.1, 0.15) is 0 Å². The second-order valence-corrected chi connectivity index (χ2v) is 2.65. The maximum Gasteiger partial charge on any atom is 0.212 e. The number of hydrogen-bond donors (Lipinski definition) is 3. The summed E-state index contributed by atoms with van der Waals surface area (Å²) in [7, 11) is -1.59. The van der Waals surface area contributed by atoms with Gasteiger partial charge in [0.05, 0.1) is 18.5 Å². The van der Waals surface area contributed by atoms with E-state index in [0.717, 1.165) is 0 Å². The molecule has 5 nitrogen and oxygen atoms in total. The molecule has 0 aliphatic carbocycles. The molecule has 0 aromatic carbocycles. The van der Waals surface area contributed by atoms with Crippen molar-refractivity contribution in [2.45, 2.75) is 25.6 Å². The zero-order valence-corrected chi connectivity index (χ0v) is 7.89. The molecule has 0 saturated carbocycles. The highest BCUT2D eigenvalue weighted by Crippen LogP contribution is 1.97. The lowest BCUT2D eigenvalue weighted by Crippen LogP contribution is -2.04. The van der Waals surface area contributed by atoms with E-state index >= 15 is 0 Å². The third-order valence-corrected chi connectivity index (χ3v) is 1.55. The van der Waals surface area contributed by atoms with Gasteiger partial charge in [-0.2, -0.15) is 0 Å². The van der Waals surface area contributed by atoms with Gasteiger partial charge in [0.25, 0.3) is 0 Å². The summed E-state index contributed by atoms with van der Waals surface area (Å²) in [6.07, 6.45) is 1.39. The fraction of sp³-hybridized carbons (Fsp3) is 0.500. The lowest BCUT2D eigenvalue weighted by molar-refractivity contribution is 0.277. The summed E-state index contributed by atoms with van der Waals surface area (Å²) in [5, 5.41) is 13.7. The molecule has 1 aromatic rings. The fourth-order valence-electron chi connectivity index (χ4n) is 0.521. The van der Waals surface area contributed by atoms with Crippen molar-refractivity contribution in [3.05, 3.63) is 11.9 Å². The smallest absolute Gasteiger partial charge is 0.212 e. The largest absolute Gasteiger partial charge is 0.390 e. The van der Waals surface area contributed by atoms with Crippen molar-refractivity contribution < 1.29 is 9.32 Å². The molecular weight excluding hydrogens is 178 g/mol. The molecular formula is C6H13N3O2S. The number of aromatic amines is 1. The lowest BCUT2D eigenvalue weighted by atomic mass is 10.5. The molecule has 0 saturated heterocycles. The molecule has 0 fully saturated rings. The van der Waals surface area contributed by atoms with Crippen LogP contribution in [0, 0.1) is 0 Å². The Bertz CT molecular complexity index is 249. The molecule has 0 spiro atoms. The molecule has 0 radical (unpaired) electrons. The number of H-pyrrole nitrogens is 1. The molecule has 1 unspecified atom stereocenters. The minimum atomic E-state index is -1.59. The van der Waals surface area contributed by atoms with Crippen LogP contribution in [-0.2, 0) is 17.6 Å². The minimum Gasteiger partial charge on any atom is -0.390 e. The Morgan fingerprint density at radius 2 is 2.33 bits per heavy atom. The normalized spacial score (nSPS) is 11.7. The van der Waals surface area contributed by atoms with Gasteiger partial charge in [-0.25, -0.2) is 14.3 Å². The highest BCUT2D eigenvalue weighted by Gasteiger charge is 2.01. The van der Waals surface area contributed by atoms with Crippen LogP contribution in [0.4, 0.5) is 0 Å². The van der Waals surface area contributed by atoms with E-state index < -0.39 is 11.0 Å². The van der Waals surface area contributed by atoms with Crippen LogP contribution in [0.15, 0.2) is 11.4 Å². The van der Waals surface area contributed by atoms with Crippen LogP contribution >= 0.6 is 0 Å². The molecule has 12 heavy (non-hydrogen) atoms. The minimum absolute atomic E-state index is 0.149. The van der Waals surface area contributed by atoms with Crippen LogP contribution in [0.1, 0.15) is 19.5 Å². The first kappa shape index (κ1) is 11.3. The summed E-state index contributed by atoms with van der Waals surface area (Å²) in [5.74, 6) is 0. The summed E-state index contributed by atoms with van der Waals surface area (Å²) >= 11 is 0. The molecule has 4 N–H and O–H groups in total. The summed E-state index contributed by atoms with van der Waals surface area (Å²) in [6, 6.07) is 0. The number of imidazole rings is 1. The van der Waals surface area contributed by atoms with Crippen molar-refractivity contribution in [2.75, 3.05) is 0 Å². The van der Waals surface area contributed by atoms with Crippen LogP contribution in [0.25, 0.3) is 0 Å². The second kappa shape index (κ2) is 5.87. The molecule has 70 valence electrons. The zero-order valence-electron chi connectivity index (χ0n) is 7.07. The zero-order chi connectivity index (χ0) is 9.56. The number of nitrogens with two attached hydrogens (primary N) is 1. The van der Waals surface area contributed by atoms with E-state index in [-0.39, 0.29) is 11.8 Å². The van der Waals surface area contributed by atoms with Crippen LogP contribution in [-0.4, -0.2) is 19.3 Å². The first-order chi connectivity index (χ1) is 5.74. The van der Waals surface area contributed by atoms with Gasteiger partial charge in [0.15, 0.2) is 11.0 Å². The van der Waals surface area contributed by atoms with Gasteiger partial charge < -0.3 is 10.1 Å². The predicted molar refractivity (Wildman–Crippen MR) is 46.5 cm³/mol. The summed E-state index contributed by atoms with van der Waals surface area (Å²) in [4.78, 5) is 6.22. The average molecular weight is 191 g/mol. The monoisotopic (exact) mass is 191 g/mol. The van der Waals surface area contributed by atoms with E-state index in [1.54, 1.807) is 0 Å². The SMILES string of the molecule is CC.NS(=O)c1ncc(CO)[nH]1. The molecule has 1 rings (SSSR count). The number of aromatic nitrogens is 2. The van der Waals surface area contributed by atoms with Gasteiger partial charge in [-0.05, 0) is 0 Å². The van der Waals surface area contributed by atoms with Gasteiger partial charge in [-0.3, -0.25) is 0 Å². The van der Waals surface area contributed by atoms with Crippen molar-refractivity contribution in [3.8, 4) is 0 Å². The van der Waals surface area contributed by atoms with E-state index in [1.807, 2.05) is 13.8 Å². The van der Waals surface area contributed by atoms with Crippen molar-refractivity contribution in [1.82, 2.24) is 9.97 Å². The summed E-state index contributed by atoms with van der Waals surface area (Å²) in [5.41, 5.74) is 0.508. The topological polar surface area (TPSA) is 92.0 Å². The number of aliphatic hydroxyl groups excluding tert-OH is 1. The number of rotatable bonds is 2. The van der Waals surface area contributed by atoms with Crippen molar-refractivity contribution in [2.24, 2.45) is 5.14 Å². The average Bonchev–Trinajstić information content (AvgIpc) is 2.55. The van der Waals surface area contributed by atoms with Gasteiger partial charge >= 0.3 is 0 Å². The molecule has 0 amide bonds.